The first kappa shape index (κ1) is 9.96. The predicted molar refractivity (Wildman–Crippen MR) is 45.9 cm³/mol. The van der Waals surface area contributed by atoms with E-state index in [1.807, 2.05) is 0 Å². The molecule has 1 N–H and O–H groups in total. The van der Waals surface area contributed by atoms with Crippen LogP contribution in [0.25, 0.3) is 0 Å². The van der Waals surface area contributed by atoms with Gasteiger partial charge in [0, 0.05) is 26.2 Å². The number of hydrogen-bond acceptors (Lipinski definition) is 4. The van der Waals surface area contributed by atoms with Gasteiger partial charge in [0.1, 0.15) is 0 Å². The molecule has 0 saturated carbocycles. The molecule has 0 bridgehead atoms. The molecule has 1 fully saturated rings. The van der Waals surface area contributed by atoms with Gasteiger partial charge in [0.2, 0.25) is 0 Å². The molecule has 72 valence electrons. The normalized spacial score (nSPS) is 17.8. The van der Waals surface area contributed by atoms with Crippen molar-refractivity contribution in [3.05, 3.63) is 0 Å². The summed E-state index contributed by atoms with van der Waals surface area (Å²) in [4.78, 5) is 12.7. The zero-order valence-electron chi connectivity index (χ0n) is 7.45. The van der Waals surface area contributed by atoms with Crippen molar-refractivity contribution in [3.63, 3.8) is 0 Å². The van der Waals surface area contributed by atoms with Crippen LogP contribution in [0.2, 0.25) is 0 Å². The number of nitrogens with one attached hydrogen (secondary N) is 1. The fourth-order valence-corrected chi connectivity index (χ4v) is 1.19. The van der Waals surface area contributed by atoms with Crippen LogP contribution in [-0.4, -0.2) is 50.2 Å². The second-order valence-electron chi connectivity index (χ2n) is 2.82. The summed E-state index contributed by atoms with van der Waals surface area (Å²) in [5.74, 6) is -0.562. The number of carbonyl (C=O) groups excluding carboxylic acids is 1. The molecule has 0 aromatic carbocycles. The fourth-order valence-electron chi connectivity index (χ4n) is 1.19. The molecule has 0 atom stereocenters. The molecule has 0 aromatic rings. The molecule has 5 nitrogen and oxygen atoms in total. The van der Waals surface area contributed by atoms with Crippen LogP contribution >= 0.6 is 0 Å². The molecular weight excluding hydrogens is 170 g/mol. The molecule has 1 aliphatic heterocycles. The molecule has 0 radical (unpaired) electrons. The van der Waals surface area contributed by atoms with Gasteiger partial charge in [0.15, 0.2) is 6.07 Å². The van der Waals surface area contributed by atoms with Crippen LogP contribution < -0.4 is 5.32 Å². The summed E-state index contributed by atoms with van der Waals surface area (Å²) < 4.78 is 5.17. The van der Waals surface area contributed by atoms with Gasteiger partial charge in [-0.2, -0.15) is 5.26 Å². The molecule has 1 heterocycles. The summed E-state index contributed by atoms with van der Waals surface area (Å²) >= 11 is 0. The zero-order valence-corrected chi connectivity index (χ0v) is 7.45. The highest BCUT2D eigenvalue weighted by molar-refractivity contribution is 5.91. The SMILES string of the molecule is N#CC(=O)NCCN1CCOCC1. The Balaban J connectivity index is 2.05. The summed E-state index contributed by atoms with van der Waals surface area (Å²) in [6.45, 7) is 4.65. The van der Waals surface area contributed by atoms with E-state index in [0.29, 0.717) is 6.54 Å². The molecule has 1 aliphatic rings. The third kappa shape index (κ3) is 3.87. The van der Waals surface area contributed by atoms with E-state index in [1.54, 1.807) is 0 Å². The Bertz CT molecular complexity index is 206. The minimum absolute atomic E-state index is 0.534. The Morgan fingerprint density at radius 3 is 2.85 bits per heavy atom. The smallest absolute Gasteiger partial charge is 0.322 e. The molecule has 1 rings (SSSR count). The molecule has 0 aliphatic carbocycles. The average Bonchev–Trinajstić information content (AvgIpc) is 2.19. The van der Waals surface area contributed by atoms with Crippen LogP contribution in [0.4, 0.5) is 0 Å². The quantitative estimate of drug-likeness (QED) is 0.567. The number of morpholine rings is 1. The fraction of sp³-hybridized carbons (Fsp3) is 0.750. The Morgan fingerprint density at radius 1 is 1.54 bits per heavy atom. The van der Waals surface area contributed by atoms with Crippen LogP contribution in [0.3, 0.4) is 0 Å². The standard InChI is InChI=1S/C8H13N3O2/c9-7-8(12)10-1-2-11-3-5-13-6-4-11/h1-6H2,(H,10,12). The summed E-state index contributed by atoms with van der Waals surface area (Å²) in [7, 11) is 0. The maximum absolute atomic E-state index is 10.5. The lowest BCUT2D eigenvalue weighted by atomic mass is 10.4. The largest absolute Gasteiger partial charge is 0.379 e. The Hall–Kier alpha value is -1.12. The van der Waals surface area contributed by atoms with Crippen molar-refractivity contribution >= 4 is 5.91 Å². The lowest BCUT2D eigenvalue weighted by Crippen LogP contribution is -2.41. The number of nitrogens with zero attached hydrogens (tertiary/aromatic N) is 2. The average molecular weight is 183 g/mol. The second-order valence-corrected chi connectivity index (χ2v) is 2.82. The third-order valence-corrected chi connectivity index (χ3v) is 1.92. The van der Waals surface area contributed by atoms with Crippen molar-refractivity contribution in [1.29, 1.82) is 5.26 Å². The van der Waals surface area contributed by atoms with Gasteiger partial charge < -0.3 is 10.1 Å². The van der Waals surface area contributed by atoms with Crippen LogP contribution in [0, 0.1) is 11.3 Å². The summed E-state index contributed by atoms with van der Waals surface area (Å²) in [6.07, 6.45) is 0. The lowest BCUT2D eigenvalue weighted by molar-refractivity contribution is -0.115. The molecule has 13 heavy (non-hydrogen) atoms. The van der Waals surface area contributed by atoms with Crippen molar-refractivity contribution < 1.29 is 9.53 Å². The number of ether oxygens (including phenoxy) is 1. The van der Waals surface area contributed by atoms with Gasteiger partial charge in [-0.15, -0.1) is 0 Å². The van der Waals surface area contributed by atoms with Gasteiger partial charge in [-0.1, -0.05) is 0 Å². The van der Waals surface area contributed by atoms with E-state index < -0.39 is 5.91 Å². The molecule has 5 heteroatoms. The van der Waals surface area contributed by atoms with Crippen molar-refractivity contribution in [3.8, 4) is 6.07 Å². The number of nitriles is 1. The Kier molecular flexibility index (Phi) is 4.23. The maximum Gasteiger partial charge on any atom is 0.322 e. The minimum atomic E-state index is -0.562. The van der Waals surface area contributed by atoms with E-state index in [9.17, 15) is 4.79 Å². The van der Waals surface area contributed by atoms with E-state index in [4.69, 9.17) is 10.00 Å². The van der Waals surface area contributed by atoms with Gasteiger partial charge >= 0.3 is 5.91 Å². The molecule has 1 amide bonds. The van der Waals surface area contributed by atoms with Crippen LogP contribution in [0.1, 0.15) is 0 Å². The van der Waals surface area contributed by atoms with Crippen molar-refractivity contribution in [2.24, 2.45) is 0 Å². The molecular formula is C8H13N3O2. The molecule has 0 aromatic heterocycles. The molecule has 0 unspecified atom stereocenters. The first-order valence-corrected chi connectivity index (χ1v) is 4.31. The highest BCUT2D eigenvalue weighted by Crippen LogP contribution is 1.94. The second kappa shape index (κ2) is 5.51. The Labute approximate surface area is 77.3 Å². The monoisotopic (exact) mass is 183 g/mol. The van der Waals surface area contributed by atoms with Crippen LogP contribution in [-0.2, 0) is 9.53 Å². The van der Waals surface area contributed by atoms with E-state index >= 15 is 0 Å². The van der Waals surface area contributed by atoms with Crippen LogP contribution in [0.15, 0.2) is 0 Å². The van der Waals surface area contributed by atoms with Gasteiger partial charge in [-0.05, 0) is 0 Å². The topological polar surface area (TPSA) is 65.4 Å². The molecule has 1 saturated heterocycles. The summed E-state index contributed by atoms with van der Waals surface area (Å²) in [6, 6.07) is 1.51. The van der Waals surface area contributed by atoms with Gasteiger partial charge in [0.05, 0.1) is 13.2 Å². The predicted octanol–water partition coefficient (Wildman–Crippen LogP) is -1.04. The number of rotatable bonds is 3. The lowest BCUT2D eigenvalue weighted by Gasteiger charge is -2.26. The van der Waals surface area contributed by atoms with E-state index in [2.05, 4.69) is 10.2 Å². The van der Waals surface area contributed by atoms with E-state index in [-0.39, 0.29) is 0 Å². The highest BCUT2D eigenvalue weighted by Gasteiger charge is 2.09. The summed E-state index contributed by atoms with van der Waals surface area (Å²) in [5.41, 5.74) is 0. The third-order valence-electron chi connectivity index (χ3n) is 1.92. The van der Waals surface area contributed by atoms with Gasteiger partial charge in [0.25, 0.3) is 0 Å². The number of hydrogen-bond donors (Lipinski definition) is 1. The molecule has 0 spiro atoms. The van der Waals surface area contributed by atoms with Crippen molar-refractivity contribution in [1.82, 2.24) is 10.2 Å². The Morgan fingerprint density at radius 2 is 2.23 bits per heavy atom. The van der Waals surface area contributed by atoms with Crippen molar-refractivity contribution in [2.45, 2.75) is 0 Å². The van der Waals surface area contributed by atoms with Crippen LogP contribution in [0.5, 0.6) is 0 Å². The zero-order chi connectivity index (χ0) is 9.52. The highest BCUT2D eigenvalue weighted by atomic mass is 16.5. The number of amides is 1. The summed E-state index contributed by atoms with van der Waals surface area (Å²) in [5, 5.41) is 10.7. The first-order valence-electron chi connectivity index (χ1n) is 4.31. The van der Waals surface area contributed by atoms with E-state index in [0.717, 1.165) is 32.8 Å². The minimum Gasteiger partial charge on any atom is -0.379 e. The van der Waals surface area contributed by atoms with E-state index in [1.165, 1.54) is 6.07 Å². The first-order chi connectivity index (χ1) is 6.33. The van der Waals surface area contributed by atoms with Gasteiger partial charge in [-0.25, -0.2) is 0 Å². The van der Waals surface area contributed by atoms with Crippen molar-refractivity contribution in [2.75, 3.05) is 39.4 Å². The number of carbonyl (C=O) groups is 1. The maximum atomic E-state index is 10.5. The van der Waals surface area contributed by atoms with Gasteiger partial charge in [-0.3, -0.25) is 9.69 Å².